The summed E-state index contributed by atoms with van der Waals surface area (Å²) in [6.45, 7) is 1.35. The Labute approximate surface area is 130 Å². The molecule has 1 saturated heterocycles. The van der Waals surface area contributed by atoms with Crippen LogP contribution in [0.4, 0.5) is 9.18 Å². The third-order valence-electron chi connectivity index (χ3n) is 5.13. The Morgan fingerprint density at radius 2 is 2.00 bits per heavy atom. The number of nitrogens with one attached hydrogen (secondary N) is 2. The molecule has 2 fully saturated rings. The molecule has 5 nitrogen and oxygen atoms in total. The van der Waals surface area contributed by atoms with Crippen LogP contribution in [-0.2, 0) is 0 Å². The van der Waals surface area contributed by atoms with Crippen LogP contribution in [0.1, 0.15) is 50.1 Å². The third-order valence-corrected chi connectivity index (χ3v) is 5.13. The summed E-state index contributed by atoms with van der Waals surface area (Å²) in [4.78, 5) is 21.5. The maximum absolute atomic E-state index is 12.6. The van der Waals surface area contributed by atoms with Gasteiger partial charge in [-0.25, -0.2) is 9.78 Å². The van der Waals surface area contributed by atoms with Crippen LogP contribution in [-0.4, -0.2) is 46.7 Å². The van der Waals surface area contributed by atoms with E-state index in [4.69, 9.17) is 0 Å². The molecule has 3 rings (SSSR count). The predicted octanol–water partition coefficient (Wildman–Crippen LogP) is 2.83. The van der Waals surface area contributed by atoms with Gasteiger partial charge in [-0.3, -0.25) is 4.39 Å². The first kappa shape index (κ1) is 15.3. The first-order valence-electron chi connectivity index (χ1n) is 8.36. The molecule has 2 heterocycles. The fourth-order valence-electron chi connectivity index (χ4n) is 3.61. The number of alkyl halides is 1. The fraction of sp³-hybridized carbons (Fsp3) is 0.750. The standard InChI is InChI=1S/C16H25FN4O/c17-9-12-1-3-14(4-2-12)20-16(22)21-7-5-13(6-8-21)15-10-18-11-19-15/h10-14H,1-9H2,(H,18,19)(H,20,22). The van der Waals surface area contributed by atoms with E-state index in [9.17, 15) is 9.18 Å². The Hall–Kier alpha value is -1.59. The van der Waals surface area contributed by atoms with E-state index in [-0.39, 0.29) is 24.7 Å². The van der Waals surface area contributed by atoms with Crippen molar-refractivity contribution >= 4 is 6.03 Å². The molecule has 2 N–H and O–H groups in total. The summed E-state index contributed by atoms with van der Waals surface area (Å²) in [6.07, 6.45) is 9.14. The van der Waals surface area contributed by atoms with E-state index in [1.54, 1.807) is 6.33 Å². The number of rotatable bonds is 3. The minimum Gasteiger partial charge on any atom is -0.348 e. The number of hydrogen-bond donors (Lipinski definition) is 2. The van der Waals surface area contributed by atoms with Crippen molar-refractivity contribution in [2.75, 3.05) is 19.8 Å². The van der Waals surface area contributed by atoms with Crippen molar-refractivity contribution in [3.63, 3.8) is 0 Å². The average Bonchev–Trinajstić information content (AvgIpc) is 3.10. The molecule has 0 bridgehead atoms. The van der Waals surface area contributed by atoms with Gasteiger partial charge in [0.2, 0.25) is 0 Å². The van der Waals surface area contributed by atoms with Crippen LogP contribution in [0.15, 0.2) is 12.5 Å². The Bertz CT molecular complexity index is 463. The first-order chi connectivity index (χ1) is 10.8. The molecule has 0 unspecified atom stereocenters. The van der Waals surface area contributed by atoms with Crippen LogP contribution in [0.25, 0.3) is 0 Å². The monoisotopic (exact) mass is 308 g/mol. The van der Waals surface area contributed by atoms with E-state index in [1.807, 2.05) is 11.1 Å². The normalized spacial score (nSPS) is 26.9. The van der Waals surface area contributed by atoms with Gasteiger partial charge >= 0.3 is 6.03 Å². The highest BCUT2D eigenvalue weighted by molar-refractivity contribution is 5.74. The second-order valence-electron chi connectivity index (χ2n) is 6.59. The SMILES string of the molecule is O=C(NC1CCC(CF)CC1)N1CCC(c2cnc[nH]2)CC1. The minimum atomic E-state index is -0.220. The van der Waals surface area contributed by atoms with Gasteiger partial charge in [0.15, 0.2) is 0 Å². The van der Waals surface area contributed by atoms with Crippen LogP contribution in [0.3, 0.4) is 0 Å². The Kier molecular flexibility index (Phi) is 4.95. The molecule has 0 radical (unpaired) electrons. The number of halogens is 1. The van der Waals surface area contributed by atoms with Gasteiger partial charge in [0.25, 0.3) is 0 Å². The average molecular weight is 308 g/mol. The molecule has 1 aromatic heterocycles. The number of hydrogen-bond acceptors (Lipinski definition) is 2. The lowest BCUT2D eigenvalue weighted by atomic mass is 9.87. The summed E-state index contributed by atoms with van der Waals surface area (Å²) < 4.78 is 12.6. The maximum atomic E-state index is 12.6. The van der Waals surface area contributed by atoms with Crippen molar-refractivity contribution in [3.05, 3.63) is 18.2 Å². The van der Waals surface area contributed by atoms with E-state index in [2.05, 4.69) is 15.3 Å². The molecule has 6 heteroatoms. The van der Waals surface area contributed by atoms with E-state index in [1.165, 1.54) is 5.69 Å². The topological polar surface area (TPSA) is 61.0 Å². The highest BCUT2D eigenvalue weighted by Gasteiger charge is 2.27. The van der Waals surface area contributed by atoms with Crippen LogP contribution < -0.4 is 5.32 Å². The van der Waals surface area contributed by atoms with Gasteiger partial charge in [-0.05, 0) is 44.4 Å². The van der Waals surface area contributed by atoms with Crippen LogP contribution in [0.2, 0.25) is 0 Å². The molecule has 1 aromatic rings. The molecule has 122 valence electrons. The number of carbonyl (C=O) groups is 1. The van der Waals surface area contributed by atoms with Crippen LogP contribution in [0.5, 0.6) is 0 Å². The molecule has 1 aliphatic carbocycles. The summed E-state index contributed by atoms with van der Waals surface area (Å²) >= 11 is 0. The smallest absolute Gasteiger partial charge is 0.317 e. The van der Waals surface area contributed by atoms with Crippen molar-refractivity contribution in [1.82, 2.24) is 20.2 Å². The lowest BCUT2D eigenvalue weighted by molar-refractivity contribution is 0.169. The number of carbonyl (C=O) groups excluding carboxylic acids is 1. The lowest BCUT2D eigenvalue weighted by Gasteiger charge is -2.34. The van der Waals surface area contributed by atoms with E-state index in [0.717, 1.165) is 51.6 Å². The van der Waals surface area contributed by atoms with Crippen molar-refractivity contribution in [2.45, 2.75) is 50.5 Å². The minimum absolute atomic E-state index is 0.0479. The highest BCUT2D eigenvalue weighted by atomic mass is 19.1. The molecule has 22 heavy (non-hydrogen) atoms. The summed E-state index contributed by atoms with van der Waals surface area (Å²) in [5.41, 5.74) is 1.17. The first-order valence-corrected chi connectivity index (χ1v) is 8.36. The molecule has 2 amide bonds. The molecular weight excluding hydrogens is 283 g/mol. The van der Waals surface area contributed by atoms with Crippen molar-refractivity contribution in [1.29, 1.82) is 0 Å². The summed E-state index contributed by atoms with van der Waals surface area (Å²) in [6, 6.07) is 0.271. The van der Waals surface area contributed by atoms with Gasteiger partial charge in [-0.2, -0.15) is 0 Å². The van der Waals surface area contributed by atoms with Crippen LogP contribution >= 0.6 is 0 Å². The van der Waals surface area contributed by atoms with Gasteiger partial charge in [0.1, 0.15) is 0 Å². The summed E-state index contributed by atoms with van der Waals surface area (Å²) in [5.74, 6) is 0.685. The van der Waals surface area contributed by atoms with E-state index in [0.29, 0.717) is 5.92 Å². The van der Waals surface area contributed by atoms with Gasteiger partial charge in [-0.15, -0.1) is 0 Å². The van der Waals surface area contributed by atoms with Crippen LogP contribution in [0, 0.1) is 5.92 Å². The number of nitrogens with zero attached hydrogens (tertiary/aromatic N) is 2. The zero-order valence-electron chi connectivity index (χ0n) is 12.9. The summed E-state index contributed by atoms with van der Waals surface area (Å²) in [7, 11) is 0. The predicted molar refractivity (Wildman–Crippen MR) is 82.4 cm³/mol. The molecule has 0 aromatic carbocycles. The Morgan fingerprint density at radius 1 is 1.27 bits per heavy atom. The number of aromatic nitrogens is 2. The van der Waals surface area contributed by atoms with Gasteiger partial charge in [0.05, 0.1) is 13.0 Å². The Morgan fingerprint density at radius 3 is 2.59 bits per heavy atom. The maximum Gasteiger partial charge on any atom is 0.317 e. The molecule has 0 atom stereocenters. The van der Waals surface area contributed by atoms with Gasteiger partial charge in [0, 0.05) is 36.9 Å². The highest BCUT2D eigenvalue weighted by Crippen LogP contribution is 2.27. The second kappa shape index (κ2) is 7.11. The van der Waals surface area contributed by atoms with Crippen molar-refractivity contribution < 1.29 is 9.18 Å². The third kappa shape index (κ3) is 3.59. The zero-order chi connectivity index (χ0) is 15.4. The van der Waals surface area contributed by atoms with Gasteiger partial charge < -0.3 is 15.2 Å². The number of imidazole rings is 1. The quantitative estimate of drug-likeness (QED) is 0.902. The molecule has 1 saturated carbocycles. The number of urea groups is 1. The van der Waals surface area contributed by atoms with E-state index < -0.39 is 0 Å². The number of amides is 2. The second-order valence-corrected chi connectivity index (χ2v) is 6.59. The molecule has 0 spiro atoms. The molecular formula is C16H25FN4O. The fourth-order valence-corrected chi connectivity index (χ4v) is 3.61. The van der Waals surface area contributed by atoms with Crippen molar-refractivity contribution in [3.8, 4) is 0 Å². The Balaban J connectivity index is 1.42. The zero-order valence-corrected chi connectivity index (χ0v) is 12.9. The van der Waals surface area contributed by atoms with E-state index >= 15 is 0 Å². The number of likely N-dealkylation sites (tertiary alicyclic amines) is 1. The lowest BCUT2D eigenvalue weighted by Crippen LogP contribution is -2.48. The molecule has 2 aliphatic rings. The van der Waals surface area contributed by atoms with Crippen molar-refractivity contribution in [2.24, 2.45) is 5.92 Å². The summed E-state index contributed by atoms with van der Waals surface area (Å²) in [5, 5.41) is 3.13. The number of piperidine rings is 1. The largest absolute Gasteiger partial charge is 0.348 e. The number of H-pyrrole nitrogens is 1. The molecule has 1 aliphatic heterocycles. The number of aromatic amines is 1. The van der Waals surface area contributed by atoms with Gasteiger partial charge in [-0.1, -0.05) is 0 Å².